The Kier molecular flexibility index (Phi) is 4.88. The second-order valence-corrected chi connectivity index (χ2v) is 5.56. The first-order valence-electron chi connectivity index (χ1n) is 7.92. The monoisotopic (exact) mass is 342 g/mol. The largest absolute Gasteiger partial charge is 0.507 e. The van der Waals surface area contributed by atoms with E-state index < -0.39 is 0 Å². The molecule has 3 rings (SSSR count). The predicted molar refractivity (Wildman–Crippen MR) is 90.0 cm³/mol. The van der Waals surface area contributed by atoms with Crippen LogP contribution in [0.3, 0.4) is 0 Å². The Hall–Kier alpha value is -3.02. The van der Waals surface area contributed by atoms with Crippen LogP contribution >= 0.6 is 0 Å². The Labute approximate surface area is 144 Å². The van der Waals surface area contributed by atoms with Gasteiger partial charge < -0.3 is 19.3 Å². The predicted octanol–water partition coefficient (Wildman–Crippen LogP) is 3.02. The van der Waals surface area contributed by atoms with Crippen molar-refractivity contribution < 1.29 is 28.9 Å². The number of ketones is 2. The van der Waals surface area contributed by atoms with Gasteiger partial charge in [-0.3, -0.25) is 9.59 Å². The van der Waals surface area contributed by atoms with Crippen molar-refractivity contribution in [1.82, 2.24) is 0 Å². The Morgan fingerprint density at radius 1 is 1.00 bits per heavy atom. The van der Waals surface area contributed by atoms with Crippen molar-refractivity contribution in [2.75, 3.05) is 20.3 Å². The molecule has 2 aromatic carbocycles. The third-order valence-corrected chi connectivity index (χ3v) is 3.95. The summed E-state index contributed by atoms with van der Waals surface area (Å²) >= 11 is 0. The highest BCUT2D eigenvalue weighted by atomic mass is 16.6. The Bertz CT molecular complexity index is 812. The number of rotatable bonds is 6. The Morgan fingerprint density at radius 3 is 2.28 bits per heavy atom. The van der Waals surface area contributed by atoms with Crippen molar-refractivity contribution in [1.29, 1.82) is 0 Å². The van der Waals surface area contributed by atoms with Gasteiger partial charge >= 0.3 is 0 Å². The molecular weight excluding hydrogens is 324 g/mol. The molecule has 6 heteroatoms. The van der Waals surface area contributed by atoms with Crippen LogP contribution in [0.15, 0.2) is 36.4 Å². The van der Waals surface area contributed by atoms with Crippen LogP contribution in [0, 0.1) is 0 Å². The molecule has 2 aromatic rings. The number of fused-ring (bicyclic) bond motifs is 1. The number of phenolic OH excluding ortho intramolecular Hbond substituents is 1. The summed E-state index contributed by atoms with van der Waals surface area (Å²) in [5.74, 6) is 0.593. The number of ether oxygens (including phenoxy) is 3. The third kappa shape index (κ3) is 3.57. The SMILES string of the molecule is COc1ccccc1C(=O)CCC(=O)c1cc2c(cc1O)OCCO2. The van der Waals surface area contributed by atoms with E-state index in [1.807, 2.05) is 0 Å². The zero-order valence-corrected chi connectivity index (χ0v) is 13.8. The first-order valence-corrected chi connectivity index (χ1v) is 7.92. The molecule has 0 aliphatic carbocycles. The smallest absolute Gasteiger partial charge is 0.167 e. The van der Waals surface area contributed by atoms with Gasteiger partial charge in [0.1, 0.15) is 24.7 Å². The molecular formula is C19H18O6. The van der Waals surface area contributed by atoms with Crippen molar-refractivity contribution in [3.8, 4) is 23.0 Å². The molecule has 25 heavy (non-hydrogen) atoms. The topological polar surface area (TPSA) is 82.1 Å². The number of hydrogen-bond acceptors (Lipinski definition) is 6. The molecule has 0 atom stereocenters. The molecule has 0 saturated heterocycles. The van der Waals surface area contributed by atoms with Crippen molar-refractivity contribution in [3.63, 3.8) is 0 Å². The fourth-order valence-corrected chi connectivity index (χ4v) is 2.67. The third-order valence-electron chi connectivity index (χ3n) is 3.95. The number of carbonyl (C=O) groups is 2. The fraction of sp³-hybridized carbons (Fsp3) is 0.263. The molecule has 1 aliphatic heterocycles. The van der Waals surface area contributed by atoms with Crippen LogP contribution in [-0.2, 0) is 0 Å². The van der Waals surface area contributed by atoms with Gasteiger partial charge in [0.2, 0.25) is 0 Å². The minimum Gasteiger partial charge on any atom is -0.507 e. The van der Waals surface area contributed by atoms with Gasteiger partial charge in [0.15, 0.2) is 23.1 Å². The molecule has 0 unspecified atom stereocenters. The fourth-order valence-electron chi connectivity index (χ4n) is 2.67. The standard InChI is InChI=1S/C19H18O6/c1-23-17-5-3-2-4-12(17)14(20)6-7-15(21)13-10-18-19(11-16(13)22)25-9-8-24-18/h2-5,10-11,22H,6-9H2,1H3. The highest BCUT2D eigenvalue weighted by Crippen LogP contribution is 2.36. The van der Waals surface area contributed by atoms with E-state index in [1.54, 1.807) is 24.3 Å². The lowest BCUT2D eigenvalue weighted by atomic mass is 10.00. The second-order valence-electron chi connectivity index (χ2n) is 5.56. The Morgan fingerprint density at radius 2 is 1.60 bits per heavy atom. The molecule has 0 aromatic heterocycles. The second kappa shape index (κ2) is 7.25. The summed E-state index contributed by atoms with van der Waals surface area (Å²) in [7, 11) is 1.49. The first-order chi connectivity index (χ1) is 12.1. The number of phenols is 1. The van der Waals surface area contributed by atoms with Gasteiger partial charge in [0.05, 0.1) is 18.2 Å². The summed E-state index contributed by atoms with van der Waals surface area (Å²) in [5.41, 5.74) is 0.557. The number of hydrogen-bond donors (Lipinski definition) is 1. The van der Waals surface area contributed by atoms with Crippen LogP contribution in [0.25, 0.3) is 0 Å². The lowest BCUT2D eigenvalue weighted by Crippen LogP contribution is -2.16. The first kappa shape index (κ1) is 16.8. The zero-order chi connectivity index (χ0) is 17.8. The molecule has 0 bridgehead atoms. The number of carbonyl (C=O) groups excluding carboxylic acids is 2. The van der Waals surface area contributed by atoms with Gasteiger partial charge in [-0.05, 0) is 18.2 Å². The number of Topliss-reactive ketones (excluding diaryl/α,β-unsaturated/α-hetero) is 2. The minimum absolute atomic E-state index is 0.0209. The molecule has 0 radical (unpaired) electrons. The average Bonchev–Trinajstić information content (AvgIpc) is 2.65. The number of methoxy groups -OCH3 is 1. The molecule has 130 valence electrons. The van der Waals surface area contributed by atoms with Gasteiger partial charge in [-0.15, -0.1) is 0 Å². The van der Waals surface area contributed by atoms with Crippen molar-refractivity contribution >= 4 is 11.6 Å². The normalized spacial score (nSPS) is 12.5. The highest BCUT2D eigenvalue weighted by Gasteiger charge is 2.21. The molecule has 1 heterocycles. The maximum atomic E-state index is 12.4. The number of benzene rings is 2. The molecule has 0 spiro atoms. The van der Waals surface area contributed by atoms with Crippen LogP contribution in [0.4, 0.5) is 0 Å². The van der Waals surface area contributed by atoms with Crippen LogP contribution in [0.1, 0.15) is 33.6 Å². The molecule has 6 nitrogen and oxygen atoms in total. The Balaban J connectivity index is 1.71. The maximum absolute atomic E-state index is 12.4. The summed E-state index contributed by atoms with van der Waals surface area (Å²) in [4.78, 5) is 24.7. The van der Waals surface area contributed by atoms with Gasteiger partial charge in [-0.1, -0.05) is 12.1 Å². The summed E-state index contributed by atoms with van der Waals surface area (Å²) in [6.07, 6.45) is -0.00280. The van der Waals surface area contributed by atoms with E-state index in [0.717, 1.165) is 0 Å². The zero-order valence-electron chi connectivity index (χ0n) is 13.8. The van der Waals surface area contributed by atoms with E-state index >= 15 is 0 Å². The van der Waals surface area contributed by atoms with Crippen LogP contribution in [0.5, 0.6) is 23.0 Å². The van der Waals surface area contributed by atoms with E-state index in [0.29, 0.717) is 36.0 Å². The van der Waals surface area contributed by atoms with E-state index in [1.165, 1.54) is 19.2 Å². The van der Waals surface area contributed by atoms with E-state index in [9.17, 15) is 14.7 Å². The molecule has 0 saturated carbocycles. The van der Waals surface area contributed by atoms with Crippen LogP contribution < -0.4 is 14.2 Å². The number of para-hydroxylation sites is 1. The minimum atomic E-state index is -0.335. The van der Waals surface area contributed by atoms with Crippen LogP contribution in [0.2, 0.25) is 0 Å². The molecule has 0 amide bonds. The van der Waals surface area contributed by atoms with Gasteiger partial charge in [-0.25, -0.2) is 0 Å². The van der Waals surface area contributed by atoms with Gasteiger partial charge in [-0.2, -0.15) is 0 Å². The molecule has 1 aliphatic rings. The number of aromatic hydroxyl groups is 1. The lowest BCUT2D eigenvalue weighted by Gasteiger charge is -2.19. The van der Waals surface area contributed by atoms with Gasteiger partial charge in [0.25, 0.3) is 0 Å². The maximum Gasteiger partial charge on any atom is 0.167 e. The average molecular weight is 342 g/mol. The summed E-state index contributed by atoms with van der Waals surface area (Å²) in [6.45, 7) is 0.783. The van der Waals surface area contributed by atoms with E-state index in [-0.39, 0.29) is 35.7 Å². The summed E-state index contributed by atoms with van der Waals surface area (Å²) in [5, 5.41) is 10.0. The summed E-state index contributed by atoms with van der Waals surface area (Å²) in [6, 6.07) is 9.69. The quantitative estimate of drug-likeness (QED) is 0.813. The van der Waals surface area contributed by atoms with Crippen molar-refractivity contribution in [2.45, 2.75) is 12.8 Å². The lowest BCUT2D eigenvalue weighted by molar-refractivity contribution is 0.0913. The van der Waals surface area contributed by atoms with Crippen molar-refractivity contribution in [3.05, 3.63) is 47.5 Å². The van der Waals surface area contributed by atoms with Gasteiger partial charge in [0, 0.05) is 18.9 Å². The van der Waals surface area contributed by atoms with Crippen LogP contribution in [-0.4, -0.2) is 37.0 Å². The molecule has 1 N–H and O–H groups in total. The summed E-state index contributed by atoms with van der Waals surface area (Å²) < 4.78 is 15.9. The highest BCUT2D eigenvalue weighted by molar-refractivity contribution is 6.04. The van der Waals surface area contributed by atoms with Crippen molar-refractivity contribution in [2.24, 2.45) is 0 Å². The van der Waals surface area contributed by atoms with E-state index in [2.05, 4.69) is 0 Å². The van der Waals surface area contributed by atoms with E-state index in [4.69, 9.17) is 14.2 Å². The molecule has 0 fully saturated rings.